The molecule has 1 N–H and O–H groups in total. The molecule has 0 amide bonds. The predicted octanol–water partition coefficient (Wildman–Crippen LogP) is 2.81. The number of benzene rings is 1. The molecule has 0 unspecified atom stereocenters. The van der Waals surface area contributed by atoms with Crippen molar-refractivity contribution in [3.05, 3.63) is 35.7 Å². The van der Waals surface area contributed by atoms with Crippen LogP contribution in [-0.2, 0) is 0 Å². The molecule has 5 nitrogen and oxygen atoms in total. The molecule has 0 radical (unpaired) electrons. The molecule has 1 aromatic carbocycles. The van der Waals surface area contributed by atoms with Crippen LogP contribution in [0.5, 0.6) is 0 Å². The van der Waals surface area contributed by atoms with Gasteiger partial charge in [-0.2, -0.15) is 0 Å². The van der Waals surface area contributed by atoms with Crippen LogP contribution < -0.4 is 0 Å². The molecule has 100 valence electrons. The Balaban J connectivity index is 2.58. The first-order valence-corrected chi connectivity index (χ1v) is 7.10. The van der Waals surface area contributed by atoms with Gasteiger partial charge in [-0.25, -0.2) is 9.48 Å². The van der Waals surface area contributed by atoms with Gasteiger partial charge in [0, 0.05) is 4.90 Å². The van der Waals surface area contributed by atoms with E-state index in [1.165, 1.54) is 0 Å². The zero-order valence-corrected chi connectivity index (χ0v) is 11.8. The molecule has 0 saturated carbocycles. The highest BCUT2D eigenvalue weighted by atomic mass is 32.2. The molecule has 0 atom stereocenters. The van der Waals surface area contributed by atoms with Gasteiger partial charge < -0.3 is 5.11 Å². The topological polar surface area (TPSA) is 68.0 Å². The Bertz CT molecular complexity index is 608. The van der Waals surface area contributed by atoms with Crippen LogP contribution in [0.2, 0.25) is 0 Å². The van der Waals surface area contributed by atoms with Crippen LogP contribution in [0, 0.1) is 0 Å². The fourth-order valence-corrected chi connectivity index (χ4v) is 2.35. The van der Waals surface area contributed by atoms with E-state index in [4.69, 9.17) is 5.11 Å². The van der Waals surface area contributed by atoms with E-state index in [-0.39, 0.29) is 11.6 Å². The molecule has 1 heterocycles. The number of aromatic nitrogens is 3. The summed E-state index contributed by atoms with van der Waals surface area (Å²) in [6, 6.07) is 7.79. The molecule has 0 saturated heterocycles. The maximum atomic E-state index is 11.2. The first kappa shape index (κ1) is 13.6. The molecule has 0 aliphatic carbocycles. The fourth-order valence-electron chi connectivity index (χ4n) is 1.89. The minimum atomic E-state index is -1.05. The Morgan fingerprint density at radius 3 is 2.74 bits per heavy atom. The third-order valence-electron chi connectivity index (χ3n) is 2.75. The summed E-state index contributed by atoms with van der Waals surface area (Å²) < 4.78 is 1.60. The monoisotopic (exact) mass is 277 g/mol. The molecule has 2 aromatic rings. The van der Waals surface area contributed by atoms with Crippen molar-refractivity contribution in [1.29, 1.82) is 0 Å². The Kier molecular flexibility index (Phi) is 3.90. The molecule has 0 spiro atoms. The quantitative estimate of drug-likeness (QED) is 0.870. The van der Waals surface area contributed by atoms with Crippen LogP contribution in [0.4, 0.5) is 0 Å². The summed E-state index contributed by atoms with van der Waals surface area (Å²) in [5.74, 6) is -1.02. The molecule has 6 heteroatoms. The lowest BCUT2D eigenvalue weighted by Crippen LogP contribution is -2.08. The second-order valence-corrected chi connectivity index (χ2v) is 5.28. The third kappa shape index (κ3) is 2.63. The van der Waals surface area contributed by atoms with Gasteiger partial charge in [0.2, 0.25) is 0 Å². The molecule has 0 aliphatic rings. The van der Waals surface area contributed by atoms with Crippen LogP contribution in [0.15, 0.2) is 29.2 Å². The van der Waals surface area contributed by atoms with Crippen LogP contribution >= 0.6 is 11.8 Å². The van der Waals surface area contributed by atoms with Gasteiger partial charge in [0.15, 0.2) is 5.69 Å². The summed E-state index contributed by atoms with van der Waals surface area (Å²) in [5.41, 5.74) is 1.46. The Morgan fingerprint density at radius 1 is 1.42 bits per heavy atom. The number of thioether (sulfide) groups is 1. The summed E-state index contributed by atoms with van der Waals surface area (Å²) in [7, 11) is 0. The largest absolute Gasteiger partial charge is 0.476 e. The first-order valence-electron chi connectivity index (χ1n) is 5.88. The van der Waals surface area contributed by atoms with Gasteiger partial charge in [0.25, 0.3) is 0 Å². The average Bonchev–Trinajstić information content (AvgIpc) is 2.83. The highest BCUT2D eigenvalue weighted by molar-refractivity contribution is 7.98. The average molecular weight is 277 g/mol. The normalized spacial score (nSPS) is 10.9. The van der Waals surface area contributed by atoms with Gasteiger partial charge >= 0.3 is 5.97 Å². The van der Waals surface area contributed by atoms with Crippen LogP contribution in [-0.4, -0.2) is 32.3 Å². The third-order valence-corrected chi connectivity index (χ3v) is 3.48. The van der Waals surface area contributed by atoms with Gasteiger partial charge in [-0.15, -0.1) is 16.9 Å². The molecule has 2 rings (SSSR count). The Labute approximate surface area is 115 Å². The molecule has 0 fully saturated rings. The fraction of sp³-hybridized carbons (Fsp3) is 0.308. The highest BCUT2D eigenvalue weighted by Gasteiger charge is 2.22. The van der Waals surface area contributed by atoms with Crippen molar-refractivity contribution >= 4 is 17.7 Å². The molecule has 19 heavy (non-hydrogen) atoms. The number of rotatable bonds is 4. The number of nitrogens with zero attached hydrogens (tertiary/aromatic N) is 3. The van der Waals surface area contributed by atoms with Gasteiger partial charge in [-0.05, 0) is 30.4 Å². The summed E-state index contributed by atoms with van der Waals surface area (Å²) in [6.45, 7) is 3.86. The van der Waals surface area contributed by atoms with Gasteiger partial charge in [0.05, 0.1) is 11.4 Å². The standard InChI is InChI=1S/C13H15N3O2S/c1-8(2)12-11(13(17)18)14-15-16(12)9-5-4-6-10(7-9)19-3/h4-8H,1-3H3,(H,17,18). The van der Waals surface area contributed by atoms with Gasteiger partial charge in [-0.1, -0.05) is 25.1 Å². The van der Waals surface area contributed by atoms with E-state index in [1.54, 1.807) is 16.4 Å². The van der Waals surface area contributed by atoms with Crippen LogP contribution in [0.1, 0.15) is 35.9 Å². The maximum Gasteiger partial charge on any atom is 0.358 e. The van der Waals surface area contributed by atoms with Crippen molar-refractivity contribution < 1.29 is 9.90 Å². The van der Waals surface area contributed by atoms with E-state index in [2.05, 4.69) is 10.3 Å². The highest BCUT2D eigenvalue weighted by Crippen LogP contribution is 2.24. The van der Waals surface area contributed by atoms with Crippen molar-refractivity contribution in [2.75, 3.05) is 6.26 Å². The lowest BCUT2D eigenvalue weighted by Gasteiger charge is -2.10. The number of carboxylic acid groups (broad SMARTS) is 1. The summed E-state index contributed by atoms with van der Waals surface area (Å²) in [6.07, 6.45) is 1.99. The van der Waals surface area contributed by atoms with Crippen molar-refractivity contribution in [3.8, 4) is 5.69 Å². The van der Waals surface area contributed by atoms with Crippen molar-refractivity contribution in [1.82, 2.24) is 15.0 Å². The first-order chi connectivity index (χ1) is 9.04. The van der Waals surface area contributed by atoms with Crippen molar-refractivity contribution in [3.63, 3.8) is 0 Å². The SMILES string of the molecule is CSc1cccc(-n2nnc(C(=O)O)c2C(C)C)c1. The second-order valence-electron chi connectivity index (χ2n) is 4.40. The lowest BCUT2D eigenvalue weighted by molar-refractivity contribution is 0.0688. The number of carboxylic acids is 1. The minimum Gasteiger partial charge on any atom is -0.476 e. The number of hydrogen-bond acceptors (Lipinski definition) is 4. The Hall–Kier alpha value is -1.82. The lowest BCUT2D eigenvalue weighted by atomic mass is 10.1. The summed E-state index contributed by atoms with van der Waals surface area (Å²) in [5, 5.41) is 16.9. The van der Waals surface area contributed by atoms with E-state index in [1.807, 2.05) is 44.4 Å². The maximum absolute atomic E-state index is 11.2. The van der Waals surface area contributed by atoms with Gasteiger partial charge in [-0.3, -0.25) is 0 Å². The number of hydrogen-bond donors (Lipinski definition) is 1. The van der Waals surface area contributed by atoms with Crippen molar-refractivity contribution in [2.24, 2.45) is 0 Å². The second kappa shape index (κ2) is 5.44. The molecule has 1 aromatic heterocycles. The van der Waals surface area contributed by atoms with Crippen molar-refractivity contribution in [2.45, 2.75) is 24.7 Å². The predicted molar refractivity (Wildman–Crippen MR) is 74.2 cm³/mol. The molecular formula is C13H15N3O2S. The smallest absolute Gasteiger partial charge is 0.358 e. The molecule has 0 bridgehead atoms. The zero-order chi connectivity index (χ0) is 14.0. The van der Waals surface area contributed by atoms with E-state index in [9.17, 15) is 4.79 Å². The van der Waals surface area contributed by atoms with E-state index in [0.29, 0.717) is 5.69 Å². The van der Waals surface area contributed by atoms with Gasteiger partial charge in [0.1, 0.15) is 0 Å². The zero-order valence-electron chi connectivity index (χ0n) is 11.0. The summed E-state index contributed by atoms with van der Waals surface area (Å²) in [4.78, 5) is 12.3. The minimum absolute atomic E-state index is 0.0181. The van der Waals surface area contributed by atoms with Crippen LogP contribution in [0.25, 0.3) is 5.69 Å². The number of carbonyl (C=O) groups is 1. The van der Waals surface area contributed by atoms with E-state index >= 15 is 0 Å². The number of aromatic carboxylic acids is 1. The molecular weight excluding hydrogens is 262 g/mol. The Morgan fingerprint density at radius 2 is 2.16 bits per heavy atom. The van der Waals surface area contributed by atoms with Crippen LogP contribution in [0.3, 0.4) is 0 Å². The van der Waals surface area contributed by atoms with E-state index < -0.39 is 5.97 Å². The molecule has 0 aliphatic heterocycles. The van der Waals surface area contributed by atoms with E-state index in [0.717, 1.165) is 10.6 Å². The summed E-state index contributed by atoms with van der Waals surface area (Å²) >= 11 is 1.63.